The predicted octanol–water partition coefficient (Wildman–Crippen LogP) is 4.60. The Labute approximate surface area is 184 Å². The highest BCUT2D eigenvalue weighted by Gasteiger charge is 2.30. The van der Waals surface area contributed by atoms with Crippen LogP contribution in [0.5, 0.6) is 0 Å². The smallest absolute Gasteiger partial charge is 0.257 e. The average Bonchev–Trinajstić information content (AvgIpc) is 3.05. The number of nitrogens with two attached hydrogens (primary N) is 1. The van der Waals surface area contributed by atoms with Crippen molar-refractivity contribution in [2.45, 2.75) is 32.5 Å². The second-order valence-corrected chi connectivity index (χ2v) is 8.43. The molecule has 0 atom stereocenters. The molecule has 32 heavy (non-hydrogen) atoms. The molecule has 1 amide bonds. The summed E-state index contributed by atoms with van der Waals surface area (Å²) in [6.07, 6.45) is 1.08. The Hall–Kier alpha value is -3.58. The van der Waals surface area contributed by atoms with E-state index in [2.05, 4.69) is 0 Å². The molecule has 0 saturated carbocycles. The summed E-state index contributed by atoms with van der Waals surface area (Å²) < 4.78 is 29.0. The van der Waals surface area contributed by atoms with Gasteiger partial charge in [0, 0.05) is 41.7 Å². The number of nitrogens with zero attached hydrogens (tertiary/aromatic N) is 1. The maximum atomic E-state index is 15.0. The molecule has 4 N–H and O–H groups in total. The van der Waals surface area contributed by atoms with Gasteiger partial charge >= 0.3 is 0 Å². The zero-order valence-corrected chi connectivity index (χ0v) is 17.7. The minimum absolute atomic E-state index is 0.0102. The van der Waals surface area contributed by atoms with E-state index in [1.807, 2.05) is 0 Å². The maximum Gasteiger partial charge on any atom is 0.257 e. The van der Waals surface area contributed by atoms with Gasteiger partial charge in [0.1, 0.15) is 11.6 Å². The van der Waals surface area contributed by atoms with Crippen LogP contribution < -0.4 is 5.73 Å². The lowest BCUT2D eigenvalue weighted by atomic mass is 9.89. The number of aliphatic hydroxyl groups is 1. The Kier molecular flexibility index (Phi) is 5.30. The summed E-state index contributed by atoms with van der Waals surface area (Å²) in [5.41, 5.74) is 8.13. The standard InChI is InChI=1S/C25H23F2N3O2/c1-25(2,32)19-9-8-17(18(11-28)23(19)29)14-6-7-15(21(27)10-14)12-30-13-16-4-3-5-20(26)22(16)24(30)31/h3-11,28,32H,12-13,29H2,1-2H3. The summed E-state index contributed by atoms with van der Waals surface area (Å²) >= 11 is 0. The number of rotatable bonds is 5. The van der Waals surface area contributed by atoms with Crippen molar-refractivity contribution in [2.75, 3.05) is 5.73 Å². The molecule has 1 aliphatic rings. The van der Waals surface area contributed by atoms with Crippen LogP contribution in [0.2, 0.25) is 0 Å². The van der Waals surface area contributed by atoms with Gasteiger partial charge in [-0.05, 0) is 42.7 Å². The van der Waals surface area contributed by atoms with E-state index in [1.165, 1.54) is 17.0 Å². The SMILES string of the molecule is CC(C)(O)c1ccc(-c2ccc(CN3Cc4cccc(F)c4C3=O)c(F)c2)c(C=N)c1N. The lowest BCUT2D eigenvalue weighted by Crippen LogP contribution is -2.24. The van der Waals surface area contributed by atoms with Crippen molar-refractivity contribution in [3.63, 3.8) is 0 Å². The van der Waals surface area contributed by atoms with Gasteiger partial charge in [0.15, 0.2) is 0 Å². The fraction of sp³-hybridized carbons (Fsp3) is 0.200. The zero-order valence-electron chi connectivity index (χ0n) is 17.7. The Morgan fingerprint density at radius 2 is 1.91 bits per heavy atom. The molecular weight excluding hydrogens is 412 g/mol. The summed E-state index contributed by atoms with van der Waals surface area (Å²) in [6, 6.07) is 12.4. The molecule has 0 fully saturated rings. The molecular formula is C25H23F2N3O2. The third-order valence-corrected chi connectivity index (χ3v) is 5.78. The molecule has 5 nitrogen and oxygen atoms in total. The van der Waals surface area contributed by atoms with E-state index in [1.54, 1.807) is 50.2 Å². The van der Waals surface area contributed by atoms with E-state index < -0.39 is 23.1 Å². The third kappa shape index (κ3) is 3.65. The molecule has 0 aromatic heterocycles. The lowest BCUT2D eigenvalue weighted by molar-refractivity contribution is 0.0760. The second kappa shape index (κ2) is 7.84. The molecule has 0 aliphatic carbocycles. The monoisotopic (exact) mass is 435 g/mol. The Morgan fingerprint density at radius 1 is 1.16 bits per heavy atom. The van der Waals surface area contributed by atoms with Gasteiger partial charge in [-0.25, -0.2) is 8.78 Å². The van der Waals surface area contributed by atoms with E-state index in [0.717, 1.165) is 6.21 Å². The summed E-state index contributed by atoms with van der Waals surface area (Å²) in [6.45, 7) is 3.44. The van der Waals surface area contributed by atoms with Gasteiger partial charge in [0.2, 0.25) is 0 Å². The minimum atomic E-state index is -1.19. The van der Waals surface area contributed by atoms with Crippen molar-refractivity contribution < 1.29 is 18.7 Å². The van der Waals surface area contributed by atoms with Crippen molar-refractivity contribution in [1.82, 2.24) is 4.90 Å². The Bertz CT molecular complexity index is 1250. The van der Waals surface area contributed by atoms with Gasteiger partial charge in [0.25, 0.3) is 5.91 Å². The molecule has 3 aromatic rings. The first-order valence-corrected chi connectivity index (χ1v) is 10.1. The number of carbonyl (C=O) groups excluding carboxylic acids is 1. The van der Waals surface area contributed by atoms with Gasteiger partial charge in [-0.15, -0.1) is 0 Å². The Balaban J connectivity index is 1.64. The highest BCUT2D eigenvalue weighted by atomic mass is 19.1. The third-order valence-electron chi connectivity index (χ3n) is 5.78. The van der Waals surface area contributed by atoms with Crippen LogP contribution in [0.3, 0.4) is 0 Å². The number of anilines is 1. The van der Waals surface area contributed by atoms with Crippen LogP contribution in [0.25, 0.3) is 11.1 Å². The van der Waals surface area contributed by atoms with Gasteiger partial charge in [-0.1, -0.05) is 36.4 Å². The number of amides is 1. The van der Waals surface area contributed by atoms with Gasteiger partial charge in [0.05, 0.1) is 11.2 Å². The molecule has 0 unspecified atom stereocenters. The van der Waals surface area contributed by atoms with E-state index in [-0.39, 0.29) is 24.3 Å². The second-order valence-electron chi connectivity index (χ2n) is 8.43. The zero-order chi connectivity index (χ0) is 23.2. The number of halogens is 2. The van der Waals surface area contributed by atoms with E-state index in [0.29, 0.717) is 33.4 Å². The lowest BCUT2D eigenvalue weighted by Gasteiger charge is -2.23. The van der Waals surface area contributed by atoms with Crippen LogP contribution in [0.15, 0.2) is 48.5 Å². The molecule has 3 aromatic carbocycles. The van der Waals surface area contributed by atoms with Crippen LogP contribution in [-0.2, 0) is 18.7 Å². The first-order valence-electron chi connectivity index (χ1n) is 10.1. The van der Waals surface area contributed by atoms with Crippen LogP contribution in [-0.4, -0.2) is 22.1 Å². The van der Waals surface area contributed by atoms with Crippen molar-refractivity contribution in [3.8, 4) is 11.1 Å². The normalized spacial score (nSPS) is 13.4. The number of fused-ring (bicyclic) bond motifs is 1. The van der Waals surface area contributed by atoms with Crippen molar-refractivity contribution in [3.05, 3.63) is 88.0 Å². The summed E-state index contributed by atoms with van der Waals surface area (Å²) in [5.74, 6) is -1.55. The molecule has 1 aliphatic heterocycles. The van der Waals surface area contributed by atoms with E-state index in [9.17, 15) is 18.7 Å². The van der Waals surface area contributed by atoms with Gasteiger partial charge < -0.3 is 21.1 Å². The fourth-order valence-corrected chi connectivity index (χ4v) is 4.13. The number of carbonyl (C=O) groups is 1. The quantitative estimate of drug-likeness (QED) is 0.404. The molecule has 7 heteroatoms. The van der Waals surface area contributed by atoms with Crippen molar-refractivity contribution in [2.24, 2.45) is 0 Å². The average molecular weight is 435 g/mol. The highest BCUT2D eigenvalue weighted by molar-refractivity contribution is 5.98. The maximum absolute atomic E-state index is 15.0. The number of hydrogen-bond acceptors (Lipinski definition) is 4. The topological polar surface area (TPSA) is 90.4 Å². The minimum Gasteiger partial charge on any atom is -0.398 e. The first-order chi connectivity index (χ1) is 15.1. The number of nitrogens with one attached hydrogen (secondary N) is 1. The summed E-state index contributed by atoms with van der Waals surface area (Å²) in [7, 11) is 0. The van der Waals surface area contributed by atoms with E-state index in [4.69, 9.17) is 11.1 Å². The number of nitrogen functional groups attached to an aromatic ring is 1. The molecule has 1 heterocycles. The van der Waals surface area contributed by atoms with E-state index >= 15 is 0 Å². The molecule has 4 rings (SSSR count). The Morgan fingerprint density at radius 3 is 2.53 bits per heavy atom. The van der Waals surface area contributed by atoms with Crippen molar-refractivity contribution >= 4 is 17.8 Å². The molecule has 0 spiro atoms. The van der Waals surface area contributed by atoms with Crippen molar-refractivity contribution in [1.29, 1.82) is 5.41 Å². The van der Waals surface area contributed by atoms with Crippen LogP contribution >= 0.6 is 0 Å². The van der Waals surface area contributed by atoms with Crippen LogP contribution in [0, 0.1) is 17.0 Å². The highest BCUT2D eigenvalue weighted by Crippen LogP contribution is 2.35. The molecule has 0 bridgehead atoms. The van der Waals surface area contributed by atoms with Gasteiger partial charge in [-0.3, -0.25) is 4.79 Å². The van der Waals surface area contributed by atoms with Gasteiger partial charge in [-0.2, -0.15) is 0 Å². The summed E-state index contributed by atoms with van der Waals surface area (Å²) in [4.78, 5) is 14.0. The fourth-order valence-electron chi connectivity index (χ4n) is 4.13. The molecule has 164 valence electrons. The molecule has 0 radical (unpaired) electrons. The predicted molar refractivity (Wildman–Crippen MR) is 119 cm³/mol. The van der Waals surface area contributed by atoms with Crippen LogP contribution in [0.4, 0.5) is 14.5 Å². The molecule has 0 saturated heterocycles. The first kappa shape index (κ1) is 21.6. The largest absolute Gasteiger partial charge is 0.398 e. The number of benzene rings is 3. The van der Waals surface area contributed by atoms with Crippen LogP contribution in [0.1, 0.15) is 46.5 Å². The summed E-state index contributed by atoms with van der Waals surface area (Å²) in [5, 5.41) is 18.1. The number of hydrogen-bond donors (Lipinski definition) is 3.